The van der Waals surface area contributed by atoms with Gasteiger partial charge in [0.1, 0.15) is 0 Å². The Morgan fingerprint density at radius 3 is 2.55 bits per heavy atom. The van der Waals surface area contributed by atoms with E-state index >= 15 is 0 Å². The number of halogens is 2. The molecule has 0 radical (unpaired) electrons. The number of rotatable bonds is 5. The summed E-state index contributed by atoms with van der Waals surface area (Å²) in [5.74, 6) is 0. The van der Waals surface area contributed by atoms with Gasteiger partial charge in [-0.05, 0) is 30.0 Å². The van der Waals surface area contributed by atoms with E-state index in [4.69, 9.17) is 44.1 Å². The normalized spacial score (nSPS) is 11.6. The summed E-state index contributed by atoms with van der Waals surface area (Å²) in [6.07, 6.45) is 0. The molecule has 0 aliphatic heterocycles. The van der Waals surface area contributed by atoms with E-state index in [2.05, 4.69) is 15.3 Å². The second-order valence-corrected chi connectivity index (χ2v) is 8.72. The van der Waals surface area contributed by atoms with Crippen molar-refractivity contribution in [3.63, 3.8) is 0 Å². The summed E-state index contributed by atoms with van der Waals surface area (Å²) in [7, 11) is 2.96. The first kappa shape index (κ1) is 16.1. The minimum Gasteiger partial charge on any atom is -0.317 e. The molecule has 0 aliphatic rings. The fourth-order valence-corrected chi connectivity index (χ4v) is 4.10. The minimum atomic E-state index is -2.56. The quantitative estimate of drug-likeness (QED) is 0.786. The van der Waals surface area contributed by atoms with Gasteiger partial charge in [-0.2, -0.15) is 0 Å². The van der Waals surface area contributed by atoms with Gasteiger partial charge in [0.2, 0.25) is 5.13 Å². The van der Waals surface area contributed by atoms with Crippen LogP contribution in [0.3, 0.4) is 0 Å². The van der Waals surface area contributed by atoms with E-state index in [1.807, 2.05) is 0 Å². The Balaban J connectivity index is 2.27. The van der Waals surface area contributed by atoms with E-state index in [0.717, 1.165) is 5.56 Å². The zero-order valence-electron chi connectivity index (χ0n) is 10.5. The van der Waals surface area contributed by atoms with E-state index in [9.17, 15) is 0 Å². The molecule has 0 unspecified atom stereocenters. The summed E-state index contributed by atoms with van der Waals surface area (Å²) in [5, 5.41) is 13.3. The van der Waals surface area contributed by atoms with Gasteiger partial charge in [0.15, 0.2) is 5.01 Å². The lowest BCUT2D eigenvalue weighted by molar-refractivity contribution is 0.342. The molecule has 1 heterocycles. The predicted molar refractivity (Wildman–Crippen MR) is 87.3 cm³/mol. The Labute approximate surface area is 135 Å². The maximum Gasteiger partial charge on any atom is 0.288 e. The Morgan fingerprint density at radius 1 is 1.25 bits per heavy atom. The topological polar surface area (TPSA) is 56.3 Å². The number of anilines is 1. The molecule has 20 heavy (non-hydrogen) atoms. The van der Waals surface area contributed by atoms with Crippen molar-refractivity contribution >= 4 is 58.1 Å². The average Bonchev–Trinajstić information content (AvgIpc) is 2.86. The van der Waals surface area contributed by atoms with E-state index < -0.39 is 6.64 Å². The zero-order chi connectivity index (χ0) is 14.8. The van der Waals surface area contributed by atoms with E-state index in [0.29, 0.717) is 20.2 Å². The minimum absolute atomic E-state index is 0.512. The third kappa shape index (κ3) is 3.68. The number of hydrogen-bond donors (Lipinski definition) is 1. The van der Waals surface area contributed by atoms with Crippen LogP contribution in [0.1, 0.15) is 0 Å². The molecule has 0 amide bonds. The summed E-state index contributed by atoms with van der Waals surface area (Å²) < 4.78 is 10.3. The lowest BCUT2D eigenvalue weighted by Crippen LogP contribution is -1.99. The molecular formula is C10H10Cl2N3O2PS2. The van der Waals surface area contributed by atoms with Crippen molar-refractivity contribution in [3.8, 4) is 10.6 Å². The van der Waals surface area contributed by atoms with E-state index in [1.165, 1.54) is 25.6 Å². The van der Waals surface area contributed by atoms with Crippen LogP contribution in [-0.4, -0.2) is 24.4 Å². The second kappa shape index (κ2) is 6.66. The summed E-state index contributed by atoms with van der Waals surface area (Å²) in [4.78, 5) is 0. The average molecular weight is 370 g/mol. The number of nitrogens with one attached hydrogen (secondary N) is 1. The third-order valence-electron chi connectivity index (χ3n) is 2.30. The van der Waals surface area contributed by atoms with Crippen LogP contribution < -0.4 is 5.09 Å². The highest BCUT2D eigenvalue weighted by molar-refractivity contribution is 8.10. The molecule has 108 valence electrons. The summed E-state index contributed by atoms with van der Waals surface area (Å²) in [6, 6.07) is 5.19. The van der Waals surface area contributed by atoms with Gasteiger partial charge in [-0.3, -0.25) is 5.09 Å². The molecule has 0 atom stereocenters. The molecule has 0 saturated heterocycles. The second-order valence-electron chi connectivity index (χ2n) is 3.51. The van der Waals surface area contributed by atoms with Crippen LogP contribution in [0.5, 0.6) is 0 Å². The van der Waals surface area contributed by atoms with Crippen LogP contribution in [0.25, 0.3) is 10.6 Å². The van der Waals surface area contributed by atoms with Crippen LogP contribution in [-0.2, 0) is 20.9 Å². The largest absolute Gasteiger partial charge is 0.317 e. The molecule has 2 aromatic rings. The van der Waals surface area contributed by atoms with Crippen molar-refractivity contribution in [2.24, 2.45) is 0 Å². The van der Waals surface area contributed by atoms with Gasteiger partial charge in [0.05, 0.1) is 5.02 Å². The number of hydrogen-bond acceptors (Lipinski definition) is 6. The molecule has 0 saturated carbocycles. The Morgan fingerprint density at radius 2 is 1.95 bits per heavy atom. The SMILES string of the molecule is COP(=S)(Nc1nnc(-c2ccc(Cl)cc2Cl)s1)OC. The lowest BCUT2D eigenvalue weighted by Gasteiger charge is -2.16. The van der Waals surface area contributed by atoms with E-state index in [1.54, 1.807) is 18.2 Å². The van der Waals surface area contributed by atoms with Crippen molar-refractivity contribution in [2.75, 3.05) is 19.3 Å². The molecule has 0 aliphatic carbocycles. The Hall–Kier alpha value is -0.270. The monoisotopic (exact) mass is 369 g/mol. The summed E-state index contributed by atoms with van der Waals surface area (Å²) >= 11 is 18.5. The molecule has 0 bridgehead atoms. The van der Waals surface area contributed by atoms with Crippen LogP contribution in [0.15, 0.2) is 18.2 Å². The van der Waals surface area contributed by atoms with Gasteiger partial charge < -0.3 is 9.05 Å². The zero-order valence-corrected chi connectivity index (χ0v) is 14.5. The first-order chi connectivity index (χ1) is 9.47. The fraction of sp³-hybridized carbons (Fsp3) is 0.200. The summed E-state index contributed by atoms with van der Waals surface area (Å²) in [6.45, 7) is -2.56. The van der Waals surface area contributed by atoms with Gasteiger partial charge >= 0.3 is 0 Å². The van der Waals surface area contributed by atoms with Gasteiger partial charge in [0.25, 0.3) is 6.64 Å². The van der Waals surface area contributed by atoms with Crippen molar-refractivity contribution < 1.29 is 9.05 Å². The highest BCUT2D eigenvalue weighted by Crippen LogP contribution is 2.47. The highest BCUT2D eigenvalue weighted by Gasteiger charge is 2.19. The van der Waals surface area contributed by atoms with Gasteiger partial charge in [-0.25, -0.2) is 0 Å². The molecule has 1 aromatic carbocycles. The first-order valence-corrected chi connectivity index (χ1v) is 9.47. The van der Waals surface area contributed by atoms with Gasteiger partial charge in [-0.15, -0.1) is 10.2 Å². The molecule has 0 spiro atoms. The number of nitrogens with zero attached hydrogens (tertiary/aromatic N) is 2. The fourth-order valence-electron chi connectivity index (χ4n) is 1.32. The molecule has 5 nitrogen and oxygen atoms in total. The highest BCUT2D eigenvalue weighted by atomic mass is 35.5. The smallest absolute Gasteiger partial charge is 0.288 e. The number of aromatic nitrogens is 2. The van der Waals surface area contributed by atoms with Crippen molar-refractivity contribution in [2.45, 2.75) is 0 Å². The molecular weight excluding hydrogens is 360 g/mol. The van der Waals surface area contributed by atoms with Crippen molar-refractivity contribution in [1.29, 1.82) is 0 Å². The van der Waals surface area contributed by atoms with Crippen LogP contribution in [0.2, 0.25) is 10.0 Å². The van der Waals surface area contributed by atoms with Crippen LogP contribution in [0, 0.1) is 0 Å². The number of benzene rings is 1. The lowest BCUT2D eigenvalue weighted by atomic mass is 10.2. The van der Waals surface area contributed by atoms with E-state index in [-0.39, 0.29) is 0 Å². The maximum absolute atomic E-state index is 6.13. The van der Waals surface area contributed by atoms with Gasteiger partial charge in [-0.1, -0.05) is 34.5 Å². The first-order valence-electron chi connectivity index (χ1n) is 5.26. The standard InChI is InChI=1S/C10H10Cl2N3O2PS2/c1-16-18(19,17-2)15-10-14-13-9(20-10)7-4-3-6(11)5-8(7)12/h3-5H,1-2H3,(H,14,15,19). The summed E-state index contributed by atoms with van der Waals surface area (Å²) in [5.41, 5.74) is 0.754. The van der Waals surface area contributed by atoms with Crippen LogP contribution >= 0.6 is 41.2 Å². The maximum atomic E-state index is 6.13. The molecule has 10 heteroatoms. The van der Waals surface area contributed by atoms with Crippen molar-refractivity contribution in [1.82, 2.24) is 10.2 Å². The molecule has 2 rings (SSSR count). The van der Waals surface area contributed by atoms with Gasteiger partial charge in [0, 0.05) is 24.8 Å². The predicted octanol–water partition coefficient (Wildman–Crippen LogP) is 4.44. The molecule has 1 N–H and O–H groups in total. The molecule has 1 aromatic heterocycles. The Kier molecular flexibility index (Phi) is 5.36. The Bertz CT molecular complexity index is 660. The van der Waals surface area contributed by atoms with Crippen LogP contribution in [0.4, 0.5) is 5.13 Å². The molecule has 0 fully saturated rings. The third-order valence-corrected chi connectivity index (χ3v) is 6.49. The van der Waals surface area contributed by atoms with Crippen molar-refractivity contribution in [3.05, 3.63) is 28.2 Å².